The summed E-state index contributed by atoms with van der Waals surface area (Å²) in [6.07, 6.45) is -6.74. The lowest BCUT2D eigenvalue weighted by Gasteiger charge is -2.43. The molecule has 1 aliphatic heterocycles. The van der Waals surface area contributed by atoms with Gasteiger partial charge >= 0.3 is 23.9 Å². The zero-order chi connectivity index (χ0) is 30.7. The van der Waals surface area contributed by atoms with Gasteiger partial charge in [0.05, 0.1) is 21.7 Å². The lowest BCUT2D eigenvalue weighted by Crippen LogP contribution is -2.63. The van der Waals surface area contributed by atoms with Crippen molar-refractivity contribution in [3.05, 3.63) is 44.6 Å². The number of hydrogen-bond acceptors (Lipinski definition) is 14. The first-order chi connectivity index (χ1) is 19.8. The second kappa shape index (κ2) is 12.7. The monoisotopic (exact) mass is 603 g/mol. The maximum atomic E-state index is 13.3. The highest BCUT2D eigenvalue weighted by atomic mass is 32.1. The molecular weight excluding hydrogens is 574 g/mol. The minimum atomic E-state index is -1.44. The van der Waals surface area contributed by atoms with Crippen LogP contribution in [0.3, 0.4) is 0 Å². The Morgan fingerprint density at radius 3 is 2.14 bits per heavy atom. The van der Waals surface area contributed by atoms with Gasteiger partial charge in [0, 0.05) is 39.1 Å². The number of aryl methyl sites for hydroxylation is 2. The largest absolute Gasteiger partial charge is 0.463 e. The molecule has 4 rings (SSSR count). The summed E-state index contributed by atoms with van der Waals surface area (Å²) in [5.41, 5.74) is 0.790. The molecule has 0 spiro atoms. The van der Waals surface area contributed by atoms with Gasteiger partial charge in [0.25, 0.3) is 0 Å². The summed E-state index contributed by atoms with van der Waals surface area (Å²) in [7, 11) is 0. The van der Waals surface area contributed by atoms with E-state index in [4.69, 9.17) is 32.8 Å². The van der Waals surface area contributed by atoms with Crippen LogP contribution in [0.1, 0.15) is 38.5 Å². The maximum absolute atomic E-state index is 13.3. The Morgan fingerprint density at radius 1 is 0.905 bits per heavy atom. The summed E-state index contributed by atoms with van der Waals surface area (Å²) >= 11 is 1.41. The molecule has 224 valence electrons. The molecule has 0 bridgehead atoms. The Bertz CT molecular complexity index is 1580. The number of carbonyl (C=O) groups is 4. The van der Waals surface area contributed by atoms with E-state index < -0.39 is 61.2 Å². The van der Waals surface area contributed by atoms with Crippen LogP contribution in [0.5, 0.6) is 5.75 Å². The van der Waals surface area contributed by atoms with Crippen LogP contribution >= 0.6 is 11.3 Å². The Hall–Kier alpha value is -4.30. The Kier molecular flexibility index (Phi) is 9.27. The van der Waals surface area contributed by atoms with Gasteiger partial charge in [-0.3, -0.25) is 24.0 Å². The first kappa shape index (κ1) is 30.7. The normalized spacial score (nSPS) is 21.8. The average molecular weight is 604 g/mol. The number of rotatable bonds is 8. The number of thiazole rings is 1. The molecule has 5 atom stereocenters. The summed E-state index contributed by atoms with van der Waals surface area (Å²) in [4.78, 5) is 65.3. The van der Waals surface area contributed by atoms with Crippen molar-refractivity contribution in [1.82, 2.24) is 4.98 Å². The second-order valence-corrected chi connectivity index (χ2v) is 10.5. The van der Waals surface area contributed by atoms with E-state index in [1.54, 1.807) is 12.3 Å². The number of hydrogen-bond donors (Lipinski definition) is 0. The fourth-order valence-electron chi connectivity index (χ4n) is 4.55. The van der Waals surface area contributed by atoms with Gasteiger partial charge < -0.3 is 32.8 Å². The van der Waals surface area contributed by atoms with Crippen LogP contribution in [0.4, 0.5) is 0 Å². The third-order valence-electron chi connectivity index (χ3n) is 6.12. The topological polar surface area (TPSA) is 167 Å². The van der Waals surface area contributed by atoms with Crippen molar-refractivity contribution in [2.24, 2.45) is 0 Å². The number of aromatic nitrogens is 1. The molecule has 0 aliphatic carbocycles. The Morgan fingerprint density at radius 2 is 1.55 bits per heavy atom. The Balaban J connectivity index is 1.73. The number of carbonyl (C=O) groups excluding carboxylic acids is 4. The van der Waals surface area contributed by atoms with E-state index in [2.05, 4.69) is 4.98 Å². The van der Waals surface area contributed by atoms with Crippen LogP contribution in [0.2, 0.25) is 0 Å². The first-order valence-electron chi connectivity index (χ1n) is 12.8. The smallest absolute Gasteiger partial charge is 0.303 e. The SMILES string of the molecule is CC(=O)OC[C@@H]1O[C@@H](Oc2ccc3c(=O)c(-c4csc(C)n4)c(C)oc3c2)[C@@H](OC(C)=O)[C@H](OC(C)=O)[C@@H]1OC(C)=O. The fourth-order valence-corrected chi connectivity index (χ4v) is 5.15. The molecule has 1 aromatic carbocycles. The minimum absolute atomic E-state index is 0.142. The van der Waals surface area contributed by atoms with Crippen molar-refractivity contribution >= 4 is 46.2 Å². The van der Waals surface area contributed by atoms with Gasteiger partial charge in [0.2, 0.25) is 17.8 Å². The number of fused-ring (bicyclic) bond motifs is 1. The van der Waals surface area contributed by atoms with Gasteiger partial charge in [-0.1, -0.05) is 0 Å². The molecule has 1 fully saturated rings. The molecular formula is C28H29NO12S. The molecule has 0 radical (unpaired) electrons. The van der Waals surface area contributed by atoms with Crippen molar-refractivity contribution < 1.29 is 52.0 Å². The molecule has 0 amide bonds. The summed E-state index contributed by atoms with van der Waals surface area (Å²) < 4.78 is 39.2. The molecule has 0 saturated carbocycles. The predicted molar refractivity (Wildman–Crippen MR) is 146 cm³/mol. The number of esters is 4. The molecule has 42 heavy (non-hydrogen) atoms. The van der Waals surface area contributed by atoms with E-state index >= 15 is 0 Å². The van der Waals surface area contributed by atoms with E-state index in [1.807, 2.05) is 6.92 Å². The lowest BCUT2D eigenvalue weighted by atomic mass is 9.98. The van der Waals surface area contributed by atoms with Crippen LogP contribution in [0.25, 0.3) is 22.2 Å². The van der Waals surface area contributed by atoms with Crippen molar-refractivity contribution in [3.8, 4) is 17.0 Å². The van der Waals surface area contributed by atoms with E-state index in [1.165, 1.54) is 36.5 Å². The lowest BCUT2D eigenvalue weighted by molar-refractivity contribution is -0.288. The highest BCUT2D eigenvalue weighted by Gasteiger charge is 2.53. The molecule has 14 heteroatoms. The molecule has 1 saturated heterocycles. The highest BCUT2D eigenvalue weighted by Crippen LogP contribution is 2.32. The molecule has 13 nitrogen and oxygen atoms in total. The van der Waals surface area contributed by atoms with Crippen LogP contribution in [0, 0.1) is 13.8 Å². The van der Waals surface area contributed by atoms with Gasteiger partial charge in [-0.05, 0) is 26.0 Å². The molecule has 3 aromatic rings. The summed E-state index contributed by atoms with van der Waals surface area (Å²) in [6.45, 7) is 7.64. The van der Waals surface area contributed by atoms with Gasteiger partial charge in [-0.25, -0.2) is 4.98 Å². The van der Waals surface area contributed by atoms with Crippen LogP contribution in [0.15, 0.2) is 32.8 Å². The van der Waals surface area contributed by atoms with Crippen LogP contribution < -0.4 is 10.2 Å². The molecule has 1 aliphatic rings. The standard InChI is InChI=1S/C28H29NO12S/c1-12-23(20-11-42-13(2)29-20)24(34)19-8-7-18(9-21(19)36-12)40-28-27(39-17(6)33)26(38-16(5)32)25(37-15(4)31)22(41-28)10-35-14(3)30/h7-9,11,22,25-28H,10H2,1-6H3/t22-,25+,26+,27-,28+/m0/s1. The Labute approximate surface area is 243 Å². The summed E-state index contributed by atoms with van der Waals surface area (Å²) in [5, 5.41) is 2.86. The summed E-state index contributed by atoms with van der Waals surface area (Å²) in [6, 6.07) is 4.44. The molecule has 0 unspecified atom stereocenters. The summed E-state index contributed by atoms with van der Waals surface area (Å²) in [5.74, 6) is -2.43. The van der Waals surface area contributed by atoms with E-state index in [0.29, 0.717) is 17.0 Å². The maximum Gasteiger partial charge on any atom is 0.303 e. The fraction of sp³-hybridized carbons (Fsp3) is 0.429. The van der Waals surface area contributed by atoms with E-state index in [-0.39, 0.29) is 22.1 Å². The highest BCUT2D eigenvalue weighted by molar-refractivity contribution is 7.09. The van der Waals surface area contributed by atoms with E-state index in [9.17, 15) is 24.0 Å². The molecule has 3 heterocycles. The van der Waals surface area contributed by atoms with Crippen molar-refractivity contribution in [2.45, 2.75) is 72.2 Å². The number of nitrogens with zero attached hydrogens (tertiary/aromatic N) is 1. The van der Waals surface area contributed by atoms with Gasteiger partial charge in [0.1, 0.15) is 29.8 Å². The van der Waals surface area contributed by atoms with Gasteiger partial charge in [0.15, 0.2) is 12.2 Å². The first-order valence-corrected chi connectivity index (χ1v) is 13.7. The molecule has 2 aromatic heterocycles. The van der Waals surface area contributed by atoms with Crippen molar-refractivity contribution in [3.63, 3.8) is 0 Å². The zero-order valence-electron chi connectivity index (χ0n) is 23.7. The zero-order valence-corrected chi connectivity index (χ0v) is 24.5. The van der Waals surface area contributed by atoms with Crippen molar-refractivity contribution in [2.75, 3.05) is 6.61 Å². The van der Waals surface area contributed by atoms with Crippen LogP contribution in [-0.2, 0) is 42.9 Å². The third kappa shape index (κ3) is 6.94. The quantitative estimate of drug-likeness (QED) is 0.273. The van der Waals surface area contributed by atoms with Crippen LogP contribution in [-0.4, -0.2) is 66.2 Å². The molecule has 0 N–H and O–H groups in total. The average Bonchev–Trinajstić information content (AvgIpc) is 3.31. The third-order valence-corrected chi connectivity index (χ3v) is 6.89. The van der Waals surface area contributed by atoms with Gasteiger partial charge in [-0.2, -0.15) is 0 Å². The second-order valence-electron chi connectivity index (χ2n) is 9.46. The van der Waals surface area contributed by atoms with Crippen molar-refractivity contribution in [1.29, 1.82) is 0 Å². The predicted octanol–water partition coefficient (Wildman–Crippen LogP) is 3.00. The number of ether oxygens (including phenoxy) is 6. The minimum Gasteiger partial charge on any atom is -0.463 e. The van der Waals surface area contributed by atoms with E-state index in [0.717, 1.165) is 25.8 Å². The number of benzene rings is 1. The van der Waals surface area contributed by atoms with Gasteiger partial charge in [-0.15, -0.1) is 11.3 Å².